The lowest BCUT2D eigenvalue weighted by Gasteiger charge is -2.10. The van der Waals surface area contributed by atoms with Crippen molar-refractivity contribution in [2.45, 2.75) is 6.92 Å². The van der Waals surface area contributed by atoms with E-state index in [1.54, 1.807) is 12.1 Å². The minimum atomic E-state index is -0.251. The molecule has 1 aliphatic heterocycles. The van der Waals surface area contributed by atoms with Gasteiger partial charge in [-0.1, -0.05) is 12.1 Å². The van der Waals surface area contributed by atoms with Crippen LogP contribution in [0.4, 0.5) is 4.39 Å². The number of halogens is 1. The molecule has 1 aromatic heterocycles. The standard InChI is InChI=1S/C17H12FNO2/c1-10-8-13(11-2-4-12(18)5-3-11)16-14(19-10)6-7-15-17(16)21-9-20-15/h2-8H,9H2,1H3. The van der Waals surface area contributed by atoms with Gasteiger partial charge in [-0.05, 0) is 48.4 Å². The van der Waals surface area contributed by atoms with E-state index < -0.39 is 0 Å². The van der Waals surface area contributed by atoms with Gasteiger partial charge in [-0.3, -0.25) is 4.98 Å². The Hall–Kier alpha value is -2.62. The summed E-state index contributed by atoms with van der Waals surface area (Å²) in [5.74, 6) is 1.18. The first kappa shape index (κ1) is 12.1. The van der Waals surface area contributed by atoms with E-state index in [-0.39, 0.29) is 12.6 Å². The molecule has 1 aliphatic rings. The SMILES string of the molecule is Cc1cc(-c2ccc(F)cc2)c2c3c(ccc2n1)OCO3. The van der Waals surface area contributed by atoms with E-state index >= 15 is 0 Å². The molecule has 0 bridgehead atoms. The van der Waals surface area contributed by atoms with Gasteiger partial charge in [-0.25, -0.2) is 4.39 Å². The Morgan fingerprint density at radius 1 is 1.05 bits per heavy atom. The highest BCUT2D eigenvalue weighted by atomic mass is 19.1. The number of aryl methyl sites for hydroxylation is 1. The second-order valence-corrected chi connectivity index (χ2v) is 5.01. The molecule has 21 heavy (non-hydrogen) atoms. The van der Waals surface area contributed by atoms with E-state index in [0.29, 0.717) is 5.75 Å². The number of fused-ring (bicyclic) bond motifs is 3. The lowest BCUT2D eigenvalue weighted by atomic mass is 9.99. The summed E-state index contributed by atoms with van der Waals surface area (Å²) < 4.78 is 24.2. The van der Waals surface area contributed by atoms with Gasteiger partial charge in [0.15, 0.2) is 11.5 Å². The van der Waals surface area contributed by atoms with Crippen LogP contribution < -0.4 is 9.47 Å². The predicted octanol–water partition coefficient (Wildman–Crippen LogP) is 4.08. The first-order valence-corrected chi connectivity index (χ1v) is 6.68. The Morgan fingerprint density at radius 3 is 2.67 bits per heavy atom. The normalized spacial score (nSPS) is 12.9. The molecular weight excluding hydrogens is 269 g/mol. The Morgan fingerprint density at radius 2 is 1.86 bits per heavy atom. The highest BCUT2D eigenvalue weighted by Crippen LogP contribution is 2.43. The van der Waals surface area contributed by atoms with Crippen molar-refractivity contribution in [1.82, 2.24) is 4.98 Å². The van der Waals surface area contributed by atoms with Crippen LogP contribution in [0.1, 0.15) is 5.69 Å². The maximum Gasteiger partial charge on any atom is 0.231 e. The van der Waals surface area contributed by atoms with E-state index in [1.807, 2.05) is 25.1 Å². The average Bonchev–Trinajstić information content (AvgIpc) is 2.95. The summed E-state index contributed by atoms with van der Waals surface area (Å²) in [7, 11) is 0. The summed E-state index contributed by atoms with van der Waals surface area (Å²) in [5, 5.41) is 0.905. The van der Waals surface area contributed by atoms with Gasteiger partial charge in [0.2, 0.25) is 6.79 Å². The summed E-state index contributed by atoms with van der Waals surface area (Å²) in [5.41, 5.74) is 3.65. The number of benzene rings is 2. The van der Waals surface area contributed by atoms with Crippen molar-refractivity contribution < 1.29 is 13.9 Å². The maximum absolute atomic E-state index is 13.2. The third-order valence-electron chi connectivity index (χ3n) is 3.59. The second kappa shape index (κ2) is 4.45. The quantitative estimate of drug-likeness (QED) is 0.673. The number of rotatable bonds is 1. The van der Waals surface area contributed by atoms with Gasteiger partial charge in [0.05, 0.1) is 10.9 Å². The van der Waals surface area contributed by atoms with E-state index in [0.717, 1.165) is 33.5 Å². The number of aromatic nitrogens is 1. The van der Waals surface area contributed by atoms with Gasteiger partial charge < -0.3 is 9.47 Å². The third kappa shape index (κ3) is 1.91. The molecule has 0 unspecified atom stereocenters. The van der Waals surface area contributed by atoms with Crippen molar-refractivity contribution >= 4 is 10.9 Å². The largest absolute Gasteiger partial charge is 0.454 e. The van der Waals surface area contributed by atoms with Crippen molar-refractivity contribution in [2.75, 3.05) is 6.79 Å². The van der Waals surface area contributed by atoms with Crippen LogP contribution in [0.5, 0.6) is 11.5 Å². The van der Waals surface area contributed by atoms with Crippen LogP contribution in [-0.4, -0.2) is 11.8 Å². The molecule has 0 saturated heterocycles. The van der Waals surface area contributed by atoms with Crippen LogP contribution in [-0.2, 0) is 0 Å². The molecular formula is C17H12FNO2. The van der Waals surface area contributed by atoms with Gasteiger partial charge in [0.1, 0.15) is 5.82 Å². The van der Waals surface area contributed by atoms with Crippen LogP contribution in [0, 0.1) is 12.7 Å². The zero-order valence-corrected chi connectivity index (χ0v) is 11.4. The molecule has 0 atom stereocenters. The van der Waals surface area contributed by atoms with Crippen LogP contribution in [0.2, 0.25) is 0 Å². The lowest BCUT2D eigenvalue weighted by molar-refractivity contribution is 0.175. The van der Waals surface area contributed by atoms with E-state index in [9.17, 15) is 4.39 Å². The summed E-state index contributed by atoms with van der Waals surface area (Å²) in [4.78, 5) is 4.55. The second-order valence-electron chi connectivity index (χ2n) is 5.01. The molecule has 3 nitrogen and oxygen atoms in total. The number of pyridine rings is 1. The lowest BCUT2D eigenvalue weighted by Crippen LogP contribution is -1.94. The van der Waals surface area contributed by atoms with Gasteiger partial charge in [0.25, 0.3) is 0 Å². The Bertz CT molecular complexity index is 844. The number of hydrogen-bond acceptors (Lipinski definition) is 3. The van der Waals surface area contributed by atoms with Gasteiger partial charge in [-0.15, -0.1) is 0 Å². The van der Waals surface area contributed by atoms with Crippen LogP contribution in [0.3, 0.4) is 0 Å². The molecule has 4 heteroatoms. The molecule has 2 heterocycles. The predicted molar refractivity (Wildman–Crippen MR) is 78.0 cm³/mol. The maximum atomic E-state index is 13.2. The monoisotopic (exact) mass is 281 g/mol. The number of ether oxygens (including phenoxy) is 2. The molecule has 4 rings (SSSR count). The molecule has 0 amide bonds. The van der Waals surface area contributed by atoms with Crippen molar-refractivity contribution in [3.63, 3.8) is 0 Å². The average molecular weight is 281 g/mol. The molecule has 0 spiro atoms. The van der Waals surface area contributed by atoms with E-state index in [4.69, 9.17) is 9.47 Å². The highest BCUT2D eigenvalue weighted by Gasteiger charge is 2.20. The third-order valence-corrected chi connectivity index (χ3v) is 3.59. The first-order chi connectivity index (χ1) is 10.2. The van der Waals surface area contributed by atoms with E-state index in [1.165, 1.54) is 12.1 Å². The topological polar surface area (TPSA) is 31.4 Å². The molecule has 0 fully saturated rings. The fourth-order valence-corrected chi connectivity index (χ4v) is 2.68. The summed E-state index contributed by atoms with van der Waals surface area (Å²) in [6.07, 6.45) is 0. The minimum Gasteiger partial charge on any atom is -0.454 e. The summed E-state index contributed by atoms with van der Waals surface area (Å²) in [6.45, 7) is 2.15. The first-order valence-electron chi connectivity index (χ1n) is 6.68. The fourth-order valence-electron chi connectivity index (χ4n) is 2.68. The summed E-state index contributed by atoms with van der Waals surface area (Å²) >= 11 is 0. The van der Waals surface area contributed by atoms with E-state index in [2.05, 4.69) is 4.98 Å². The zero-order valence-electron chi connectivity index (χ0n) is 11.4. The van der Waals surface area contributed by atoms with Crippen LogP contribution in [0.25, 0.3) is 22.0 Å². The number of hydrogen-bond donors (Lipinski definition) is 0. The van der Waals surface area contributed by atoms with Gasteiger partial charge >= 0.3 is 0 Å². The number of nitrogens with zero attached hydrogens (tertiary/aromatic N) is 1. The molecule has 0 saturated carbocycles. The molecule has 3 aromatic rings. The molecule has 2 aromatic carbocycles. The van der Waals surface area contributed by atoms with Crippen molar-refractivity contribution in [2.24, 2.45) is 0 Å². The fraction of sp³-hybridized carbons (Fsp3) is 0.118. The van der Waals surface area contributed by atoms with Crippen molar-refractivity contribution in [3.8, 4) is 22.6 Å². The summed E-state index contributed by atoms with van der Waals surface area (Å²) in [6, 6.07) is 12.2. The zero-order chi connectivity index (χ0) is 14.4. The molecule has 0 aliphatic carbocycles. The molecule has 104 valence electrons. The molecule has 0 N–H and O–H groups in total. The van der Waals surface area contributed by atoms with Crippen LogP contribution in [0.15, 0.2) is 42.5 Å². The Balaban J connectivity index is 2.07. The molecule has 0 radical (unpaired) electrons. The minimum absolute atomic E-state index is 0.213. The van der Waals surface area contributed by atoms with Crippen LogP contribution >= 0.6 is 0 Å². The van der Waals surface area contributed by atoms with Crippen molar-refractivity contribution in [1.29, 1.82) is 0 Å². The van der Waals surface area contributed by atoms with Crippen molar-refractivity contribution in [3.05, 3.63) is 54.0 Å². The Labute approximate surface area is 121 Å². The smallest absolute Gasteiger partial charge is 0.231 e. The van der Waals surface area contributed by atoms with Gasteiger partial charge in [0, 0.05) is 5.69 Å². The van der Waals surface area contributed by atoms with Gasteiger partial charge in [-0.2, -0.15) is 0 Å². The highest BCUT2D eigenvalue weighted by molar-refractivity contribution is 6.01. The Kier molecular flexibility index (Phi) is 2.57.